The number of hydrogen-bond donors (Lipinski definition) is 2. The molecule has 2 aliphatic heterocycles. The lowest BCUT2D eigenvalue weighted by atomic mass is 10.1. The van der Waals surface area contributed by atoms with Crippen LogP contribution in [-0.4, -0.2) is 49.1 Å². The van der Waals surface area contributed by atoms with E-state index in [9.17, 15) is 0 Å². The van der Waals surface area contributed by atoms with Crippen molar-refractivity contribution in [2.45, 2.75) is 39.2 Å². The minimum Gasteiger partial charge on any atom is -0.356 e. The quantitative estimate of drug-likeness (QED) is 0.772. The van der Waals surface area contributed by atoms with Crippen LogP contribution in [0.15, 0.2) is 4.99 Å². The summed E-state index contributed by atoms with van der Waals surface area (Å²) in [6, 6.07) is 0. The summed E-state index contributed by atoms with van der Waals surface area (Å²) in [5.41, 5.74) is 0.178. The minimum absolute atomic E-state index is 0.178. The summed E-state index contributed by atoms with van der Waals surface area (Å²) in [7, 11) is 0. The Balaban J connectivity index is 1.74. The van der Waals surface area contributed by atoms with E-state index in [4.69, 9.17) is 0 Å². The fraction of sp³-hybridized carbons (Fsp3) is 0.923. The van der Waals surface area contributed by atoms with Gasteiger partial charge < -0.3 is 15.5 Å². The Morgan fingerprint density at radius 3 is 2.94 bits per heavy atom. The van der Waals surface area contributed by atoms with Gasteiger partial charge in [0.15, 0.2) is 5.96 Å². The van der Waals surface area contributed by atoms with Crippen molar-refractivity contribution in [3.05, 3.63) is 0 Å². The Morgan fingerprint density at radius 1 is 1.47 bits per heavy atom. The molecule has 0 radical (unpaired) electrons. The maximum atomic E-state index is 4.56. The lowest BCUT2D eigenvalue weighted by molar-refractivity contribution is 0.250. The first-order valence-electron chi connectivity index (χ1n) is 6.84. The highest BCUT2D eigenvalue weighted by atomic mass is 15.4. The maximum Gasteiger partial charge on any atom is 0.194 e. The Kier molecular flexibility index (Phi) is 3.92. The van der Waals surface area contributed by atoms with Gasteiger partial charge in [-0.1, -0.05) is 0 Å². The van der Waals surface area contributed by atoms with Gasteiger partial charge in [0.05, 0.1) is 6.54 Å². The van der Waals surface area contributed by atoms with E-state index in [1.807, 2.05) is 0 Å². The molecule has 0 spiro atoms. The summed E-state index contributed by atoms with van der Waals surface area (Å²) < 4.78 is 0. The molecule has 0 aliphatic carbocycles. The van der Waals surface area contributed by atoms with E-state index in [1.165, 1.54) is 25.9 Å². The number of hydrogen-bond acceptors (Lipinski definition) is 4. The van der Waals surface area contributed by atoms with Gasteiger partial charge in [0.1, 0.15) is 0 Å². The van der Waals surface area contributed by atoms with Crippen molar-refractivity contribution in [2.24, 2.45) is 10.9 Å². The molecule has 2 N–H and O–H groups in total. The average molecular weight is 238 g/mol. The third-order valence-electron chi connectivity index (χ3n) is 3.65. The van der Waals surface area contributed by atoms with Gasteiger partial charge >= 0.3 is 0 Å². The largest absolute Gasteiger partial charge is 0.356 e. The standard InChI is InChI=1S/C13H26N4/c1-13(2,3)17-9-8-16-12(17)15-7-5-11-4-6-14-10-11/h11,14H,4-10H2,1-3H3,(H,15,16). The van der Waals surface area contributed by atoms with Gasteiger partial charge in [0.25, 0.3) is 0 Å². The topological polar surface area (TPSA) is 39.7 Å². The average Bonchev–Trinajstić information content (AvgIpc) is 2.86. The lowest BCUT2D eigenvalue weighted by Crippen LogP contribution is -2.49. The smallest absolute Gasteiger partial charge is 0.194 e. The molecule has 2 rings (SSSR count). The third-order valence-corrected chi connectivity index (χ3v) is 3.65. The molecule has 0 bridgehead atoms. The molecule has 1 saturated heterocycles. The second-order valence-electron chi connectivity index (χ2n) is 6.10. The molecule has 4 nitrogen and oxygen atoms in total. The van der Waals surface area contributed by atoms with Gasteiger partial charge in [0.2, 0.25) is 0 Å². The summed E-state index contributed by atoms with van der Waals surface area (Å²) in [4.78, 5) is 6.94. The number of guanidine groups is 1. The Hall–Kier alpha value is -0.770. The number of aliphatic imine (C=N–C) groups is 1. The van der Waals surface area contributed by atoms with E-state index in [2.05, 4.69) is 41.3 Å². The highest BCUT2D eigenvalue weighted by Gasteiger charge is 2.27. The maximum absolute atomic E-state index is 4.56. The van der Waals surface area contributed by atoms with Gasteiger partial charge in [0, 0.05) is 18.6 Å². The molecule has 0 aromatic carbocycles. The first kappa shape index (κ1) is 12.7. The van der Waals surface area contributed by atoms with Gasteiger partial charge in [-0.25, -0.2) is 0 Å². The van der Waals surface area contributed by atoms with Crippen LogP contribution in [0.5, 0.6) is 0 Å². The molecule has 0 amide bonds. The summed E-state index contributed by atoms with van der Waals surface area (Å²) in [5, 5.41) is 6.93. The van der Waals surface area contributed by atoms with Crippen LogP contribution >= 0.6 is 0 Å². The van der Waals surface area contributed by atoms with E-state index in [0.717, 1.165) is 31.5 Å². The molecule has 0 saturated carbocycles. The van der Waals surface area contributed by atoms with Crippen LogP contribution in [0.25, 0.3) is 0 Å². The van der Waals surface area contributed by atoms with Crippen molar-refractivity contribution in [2.75, 3.05) is 32.7 Å². The highest BCUT2D eigenvalue weighted by Crippen LogP contribution is 2.17. The van der Waals surface area contributed by atoms with Crippen LogP contribution in [0.1, 0.15) is 33.6 Å². The summed E-state index contributed by atoms with van der Waals surface area (Å²) in [6.45, 7) is 12.2. The zero-order chi connectivity index (χ0) is 12.3. The molecule has 2 aliphatic rings. The monoisotopic (exact) mass is 238 g/mol. The zero-order valence-electron chi connectivity index (χ0n) is 11.4. The van der Waals surface area contributed by atoms with E-state index >= 15 is 0 Å². The van der Waals surface area contributed by atoms with Gasteiger partial charge in [-0.15, -0.1) is 0 Å². The van der Waals surface area contributed by atoms with E-state index in [-0.39, 0.29) is 5.54 Å². The molecule has 0 aromatic rings. The van der Waals surface area contributed by atoms with E-state index in [0.29, 0.717) is 0 Å². The normalized spacial score (nSPS) is 25.2. The van der Waals surface area contributed by atoms with Crippen LogP contribution in [-0.2, 0) is 0 Å². The van der Waals surface area contributed by atoms with Crippen LogP contribution in [0.4, 0.5) is 0 Å². The molecule has 4 heteroatoms. The molecule has 1 fully saturated rings. The first-order valence-corrected chi connectivity index (χ1v) is 6.84. The molecular weight excluding hydrogens is 212 g/mol. The summed E-state index contributed by atoms with van der Waals surface area (Å²) in [5.74, 6) is 1.95. The highest BCUT2D eigenvalue weighted by molar-refractivity contribution is 5.82. The molecule has 17 heavy (non-hydrogen) atoms. The van der Waals surface area contributed by atoms with Crippen LogP contribution in [0.3, 0.4) is 0 Å². The molecular formula is C13H26N4. The molecule has 1 atom stereocenters. The summed E-state index contributed by atoms with van der Waals surface area (Å²) in [6.07, 6.45) is 2.58. The SMILES string of the molecule is CC(C)(C)N1CCN=C1NCCC1CCNC1. The van der Waals surface area contributed by atoms with Crippen LogP contribution in [0, 0.1) is 5.92 Å². The number of nitrogens with zero attached hydrogens (tertiary/aromatic N) is 2. The predicted octanol–water partition coefficient (Wildman–Crippen LogP) is 1.05. The fourth-order valence-electron chi connectivity index (χ4n) is 2.60. The molecule has 1 unspecified atom stereocenters. The predicted molar refractivity (Wildman–Crippen MR) is 72.4 cm³/mol. The third kappa shape index (κ3) is 3.35. The van der Waals surface area contributed by atoms with E-state index < -0.39 is 0 Å². The van der Waals surface area contributed by atoms with Crippen molar-refractivity contribution in [3.8, 4) is 0 Å². The van der Waals surface area contributed by atoms with Crippen molar-refractivity contribution in [1.82, 2.24) is 15.5 Å². The van der Waals surface area contributed by atoms with Gasteiger partial charge in [-0.05, 0) is 52.6 Å². The first-order chi connectivity index (χ1) is 8.07. The lowest BCUT2D eigenvalue weighted by Gasteiger charge is -2.34. The fourth-order valence-corrected chi connectivity index (χ4v) is 2.60. The van der Waals surface area contributed by atoms with Crippen LogP contribution in [0.2, 0.25) is 0 Å². The van der Waals surface area contributed by atoms with Crippen molar-refractivity contribution >= 4 is 5.96 Å². The second kappa shape index (κ2) is 5.25. The summed E-state index contributed by atoms with van der Waals surface area (Å²) >= 11 is 0. The van der Waals surface area contributed by atoms with Crippen molar-refractivity contribution in [3.63, 3.8) is 0 Å². The van der Waals surface area contributed by atoms with Crippen molar-refractivity contribution < 1.29 is 0 Å². The van der Waals surface area contributed by atoms with Gasteiger partial charge in [-0.2, -0.15) is 0 Å². The minimum atomic E-state index is 0.178. The Bertz CT molecular complexity index is 274. The molecule has 0 aromatic heterocycles. The molecule has 2 heterocycles. The van der Waals surface area contributed by atoms with E-state index in [1.54, 1.807) is 0 Å². The Labute approximate surface area is 105 Å². The number of nitrogens with one attached hydrogen (secondary N) is 2. The molecule has 98 valence electrons. The second-order valence-corrected chi connectivity index (χ2v) is 6.10. The zero-order valence-corrected chi connectivity index (χ0v) is 11.4. The number of rotatable bonds is 3. The Morgan fingerprint density at radius 2 is 2.29 bits per heavy atom. The van der Waals surface area contributed by atoms with Crippen LogP contribution < -0.4 is 10.6 Å². The van der Waals surface area contributed by atoms with Gasteiger partial charge in [-0.3, -0.25) is 4.99 Å². The van der Waals surface area contributed by atoms with Crippen molar-refractivity contribution in [1.29, 1.82) is 0 Å².